The fourth-order valence-corrected chi connectivity index (χ4v) is 2.68. The van der Waals surface area contributed by atoms with Crippen molar-refractivity contribution in [3.8, 4) is 28.7 Å². The molecule has 2 aromatic carbocycles. The second-order valence-corrected chi connectivity index (χ2v) is 6.01. The summed E-state index contributed by atoms with van der Waals surface area (Å²) in [4.78, 5) is 0. The van der Waals surface area contributed by atoms with Crippen molar-refractivity contribution in [1.82, 2.24) is 10.2 Å². The van der Waals surface area contributed by atoms with Gasteiger partial charge in [-0.2, -0.15) is 0 Å². The minimum absolute atomic E-state index is 0.214. The van der Waals surface area contributed by atoms with Crippen LogP contribution in [0.5, 0.6) is 17.2 Å². The summed E-state index contributed by atoms with van der Waals surface area (Å²) in [7, 11) is 3.18. The third kappa shape index (κ3) is 3.49. The molecule has 6 heteroatoms. The van der Waals surface area contributed by atoms with Crippen LogP contribution in [0.25, 0.3) is 11.5 Å². The molecule has 1 heterocycles. The fraction of sp³-hybridized carbons (Fsp3) is 0.300. The van der Waals surface area contributed by atoms with E-state index >= 15 is 0 Å². The lowest BCUT2D eigenvalue weighted by molar-refractivity contribution is 0.261. The van der Waals surface area contributed by atoms with Crippen LogP contribution in [0, 0.1) is 20.8 Å². The predicted molar refractivity (Wildman–Crippen MR) is 97.8 cm³/mol. The van der Waals surface area contributed by atoms with Crippen molar-refractivity contribution in [3.05, 3.63) is 52.9 Å². The number of rotatable bonds is 6. The lowest BCUT2D eigenvalue weighted by Gasteiger charge is -2.12. The average molecular weight is 354 g/mol. The van der Waals surface area contributed by atoms with Crippen LogP contribution >= 0.6 is 0 Å². The summed E-state index contributed by atoms with van der Waals surface area (Å²) >= 11 is 0. The molecular formula is C20H22N2O4. The highest BCUT2D eigenvalue weighted by atomic mass is 16.5. The molecule has 0 atom stereocenters. The van der Waals surface area contributed by atoms with Crippen molar-refractivity contribution >= 4 is 0 Å². The number of ether oxygens (including phenoxy) is 3. The van der Waals surface area contributed by atoms with Crippen molar-refractivity contribution < 1.29 is 18.6 Å². The molecule has 0 amide bonds. The Morgan fingerprint density at radius 1 is 0.885 bits per heavy atom. The number of hydrogen-bond acceptors (Lipinski definition) is 6. The molecule has 0 aliphatic heterocycles. The molecule has 0 saturated carbocycles. The first-order chi connectivity index (χ1) is 12.5. The van der Waals surface area contributed by atoms with E-state index in [4.69, 9.17) is 18.6 Å². The molecule has 1 aromatic heterocycles. The van der Waals surface area contributed by atoms with E-state index in [1.165, 1.54) is 5.56 Å². The van der Waals surface area contributed by atoms with Crippen LogP contribution in [0.4, 0.5) is 0 Å². The molecule has 6 nitrogen and oxygen atoms in total. The van der Waals surface area contributed by atoms with Crippen molar-refractivity contribution in [2.75, 3.05) is 14.2 Å². The van der Waals surface area contributed by atoms with Crippen LogP contribution in [0.15, 0.2) is 34.7 Å². The third-order valence-electron chi connectivity index (χ3n) is 4.31. The van der Waals surface area contributed by atoms with Gasteiger partial charge < -0.3 is 18.6 Å². The lowest BCUT2D eigenvalue weighted by atomic mass is 10.1. The average Bonchev–Trinajstić information content (AvgIpc) is 3.13. The highest BCUT2D eigenvalue weighted by Gasteiger charge is 2.14. The lowest BCUT2D eigenvalue weighted by Crippen LogP contribution is -2.00. The molecule has 0 aliphatic carbocycles. The maximum atomic E-state index is 5.92. The molecule has 3 aromatic rings. The smallest absolute Gasteiger partial charge is 0.254 e. The topological polar surface area (TPSA) is 66.6 Å². The molecule has 0 unspecified atom stereocenters. The molecule has 0 radical (unpaired) electrons. The van der Waals surface area contributed by atoms with E-state index in [2.05, 4.69) is 23.2 Å². The quantitative estimate of drug-likeness (QED) is 0.659. The van der Waals surface area contributed by atoms with E-state index in [1.807, 2.05) is 26.0 Å². The van der Waals surface area contributed by atoms with Gasteiger partial charge in [0.15, 0.2) is 18.1 Å². The van der Waals surface area contributed by atoms with E-state index in [0.29, 0.717) is 23.3 Å². The summed E-state index contributed by atoms with van der Waals surface area (Å²) in [5.41, 5.74) is 4.13. The zero-order valence-corrected chi connectivity index (χ0v) is 15.6. The summed E-state index contributed by atoms with van der Waals surface area (Å²) in [6.07, 6.45) is 0. The second kappa shape index (κ2) is 7.47. The number of hydrogen-bond donors (Lipinski definition) is 0. The van der Waals surface area contributed by atoms with Gasteiger partial charge in [0.2, 0.25) is 5.89 Å². The Hall–Kier alpha value is -3.02. The van der Waals surface area contributed by atoms with Gasteiger partial charge >= 0.3 is 0 Å². The predicted octanol–water partition coefficient (Wildman–Crippen LogP) is 4.26. The zero-order valence-electron chi connectivity index (χ0n) is 15.6. The van der Waals surface area contributed by atoms with Gasteiger partial charge in [-0.25, -0.2) is 0 Å². The van der Waals surface area contributed by atoms with Crippen LogP contribution in [0.3, 0.4) is 0 Å². The molecule has 26 heavy (non-hydrogen) atoms. The van der Waals surface area contributed by atoms with Crippen molar-refractivity contribution in [3.63, 3.8) is 0 Å². The Labute approximate surface area is 152 Å². The minimum atomic E-state index is 0.214. The highest BCUT2D eigenvalue weighted by molar-refractivity contribution is 5.59. The number of benzene rings is 2. The van der Waals surface area contributed by atoms with E-state index in [9.17, 15) is 0 Å². The molecule has 3 rings (SSSR count). The third-order valence-corrected chi connectivity index (χ3v) is 4.31. The normalized spacial score (nSPS) is 10.7. The summed E-state index contributed by atoms with van der Waals surface area (Å²) < 4.78 is 22.2. The number of aromatic nitrogens is 2. The summed E-state index contributed by atoms with van der Waals surface area (Å²) in [5, 5.41) is 8.17. The van der Waals surface area contributed by atoms with Crippen LogP contribution in [-0.2, 0) is 6.61 Å². The van der Waals surface area contributed by atoms with Gasteiger partial charge in [0.1, 0.15) is 5.75 Å². The Kier molecular flexibility index (Phi) is 5.11. The molecule has 0 fully saturated rings. The van der Waals surface area contributed by atoms with Crippen LogP contribution in [0.2, 0.25) is 0 Å². The Balaban J connectivity index is 1.78. The van der Waals surface area contributed by atoms with Gasteiger partial charge in [-0.3, -0.25) is 0 Å². The first-order valence-corrected chi connectivity index (χ1v) is 8.28. The number of nitrogens with zero attached hydrogens (tertiary/aromatic N) is 2. The van der Waals surface area contributed by atoms with E-state index < -0.39 is 0 Å². The molecule has 136 valence electrons. The highest BCUT2D eigenvalue weighted by Crippen LogP contribution is 2.32. The van der Waals surface area contributed by atoms with Crippen molar-refractivity contribution in [1.29, 1.82) is 0 Å². The molecule has 0 bridgehead atoms. The van der Waals surface area contributed by atoms with E-state index in [-0.39, 0.29) is 6.61 Å². The van der Waals surface area contributed by atoms with Crippen LogP contribution in [-0.4, -0.2) is 24.4 Å². The van der Waals surface area contributed by atoms with Crippen LogP contribution < -0.4 is 14.2 Å². The molecule has 0 N–H and O–H groups in total. The molecule has 0 aliphatic rings. The SMILES string of the molecule is COc1ccc(-c2nnc(COc3c(C)ccc(C)c3C)o2)cc1OC. The van der Waals surface area contributed by atoms with Crippen molar-refractivity contribution in [2.24, 2.45) is 0 Å². The number of aryl methyl sites for hydroxylation is 2. The maximum absolute atomic E-state index is 5.92. The summed E-state index contributed by atoms with van der Waals surface area (Å²) in [6, 6.07) is 9.56. The van der Waals surface area contributed by atoms with Gasteiger partial charge in [-0.1, -0.05) is 12.1 Å². The van der Waals surface area contributed by atoms with E-state index in [0.717, 1.165) is 22.4 Å². The largest absolute Gasteiger partial charge is 0.493 e. The standard InChI is InChI=1S/C20H22N2O4/c1-12-6-7-13(2)19(14(12)3)25-11-18-21-22-20(26-18)15-8-9-16(23-4)17(10-15)24-5/h6-10H,11H2,1-5H3. The van der Waals surface area contributed by atoms with Crippen LogP contribution in [0.1, 0.15) is 22.6 Å². The summed E-state index contributed by atoms with van der Waals surface area (Å²) in [5.74, 6) is 2.92. The van der Waals surface area contributed by atoms with E-state index in [1.54, 1.807) is 26.4 Å². The van der Waals surface area contributed by atoms with Gasteiger partial charge in [0.25, 0.3) is 5.89 Å². The fourth-order valence-electron chi connectivity index (χ4n) is 2.68. The molecule has 0 saturated heterocycles. The van der Waals surface area contributed by atoms with Gasteiger partial charge in [-0.15, -0.1) is 10.2 Å². The Morgan fingerprint density at radius 3 is 2.35 bits per heavy atom. The Bertz CT molecular complexity index is 918. The number of methoxy groups -OCH3 is 2. The maximum Gasteiger partial charge on any atom is 0.254 e. The monoisotopic (exact) mass is 354 g/mol. The first-order valence-electron chi connectivity index (χ1n) is 8.28. The second-order valence-electron chi connectivity index (χ2n) is 6.01. The van der Waals surface area contributed by atoms with Gasteiger partial charge in [-0.05, 0) is 55.7 Å². The van der Waals surface area contributed by atoms with Gasteiger partial charge in [0, 0.05) is 5.56 Å². The minimum Gasteiger partial charge on any atom is -0.493 e. The molecule has 0 spiro atoms. The first kappa shape index (κ1) is 17.8. The Morgan fingerprint density at radius 2 is 1.62 bits per heavy atom. The zero-order chi connectivity index (χ0) is 18.7. The van der Waals surface area contributed by atoms with Crippen molar-refractivity contribution in [2.45, 2.75) is 27.4 Å². The molecular weight excluding hydrogens is 332 g/mol. The summed E-state index contributed by atoms with van der Waals surface area (Å²) in [6.45, 7) is 6.33. The van der Waals surface area contributed by atoms with Gasteiger partial charge in [0.05, 0.1) is 14.2 Å².